The van der Waals surface area contributed by atoms with E-state index in [9.17, 15) is 4.79 Å². The molecule has 0 aliphatic rings. The average Bonchev–Trinajstić information content (AvgIpc) is 2.82. The summed E-state index contributed by atoms with van der Waals surface area (Å²) in [5.41, 5.74) is 0.889. The van der Waals surface area contributed by atoms with Crippen molar-refractivity contribution in [2.24, 2.45) is 0 Å². The number of carbonyl (C=O) groups is 1. The minimum Gasteiger partial charge on any atom is -0.295 e. The highest BCUT2D eigenvalue weighted by molar-refractivity contribution is 5.94. The Bertz CT molecular complexity index is 411. The second-order valence-corrected chi connectivity index (χ2v) is 10.7. The molecule has 0 saturated heterocycles. The third-order valence-corrected chi connectivity index (χ3v) is 7.23. The lowest BCUT2D eigenvalue weighted by Crippen LogP contribution is -2.01. The molecule has 33 heavy (non-hydrogen) atoms. The van der Waals surface area contributed by atoms with Gasteiger partial charge in [0.2, 0.25) is 0 Å². The van der Waals surface area contributed by atoms with E-state index in [1.165, 1.54) is 148 Å². The lowest BCUT2D eigenvalue weighted by molar-refractivity contribution is -0.115. The van der Waals surface area contributed by atoms with Gasteiger partial charge in [0.05, 0.1) is 0 Å². The predicted octanol–water partition coefficient (Wildman–Crippen LogP) is 11.7. The van der Waals surface area contributed by atoms with Gasteiger partial charge in [0, 0.05) is 6.42 Å². The smallest absolute Gasteiger partial charge is 0.158 e. The van der Waals surface area contributed by atoms with Crippen LogP contribution in [-0.4, -0.2) is 5.78 Å². The zero-order valence-electron chi connectivity index (χ0n) is 23.2. The van der Waals surface area contributed by atoms with E-state index in [0.717, 1.165) is 31.3 Å². The average molecular weight is 463 g/mol. The summed E-state index contributed by atoms with van der Waals surface area (Å²) >= 11 is 0. The van der Waals surface area contributed by atoms with Crippen LogP contribution in [0.25, 0.3) is 0 Å². The van der Waals surface area contributed by atoms with Crippen molar-refractivity contribution in [1.82, 2.24) is 0 Å². The van der Waals surface area contributed by atoms with E-state index in [4.69, 9.17) is 0 Å². The molecule has 1 heteroatoms. The van der Waals surface area contributed by atoms with Gasteiger partial charge in [-0.05, 0) is 24.8 Å². The summed E-state index contributed by atoms with van der Waals surface area (Å²) in [6.07, 6.45) is 35.7. The molecular weight excluding hydrogens is 400 g/mol. The zero-order chi connectivity index (χ0) is 24.2. The van der Waals surface area contributed by atoms with Crippen LogP contribution < -0.4 is 0 Å². The van der Waals surface area contributed by atoms with E-state index in [1.807, 2.05) is 0 Å². The van der Waals surface area contributed by atoms with Gasteiger partial charge in [0.15, 0.2) is 5.78 Å². The number of allylic oxidation sites excluding steroid dienone is 1. The Morgan fingerprint density at radius 2 is 0.636 bits per heavy atom. The quantitative estimate of drug-likeness (QED) is 0.0834. The first-order valence-electron chi connectivity index (χ1n) is 15.4. The maximum Gasteiger partial charge on any atom is 0.158 e. The van der Waals surface area contributed by atoms with Crippen LogP contribution in [0.4, 0.5) is 0 Å². The van der Waals surface area contributed by atoms with Crippen LogP contribution in [0, 0.1) is 0 Å². The third-order valence-electron chi connectivity index (χ3n) is 7.23. The maximum atomic E-state index is 12.2. The van der Waals surface area contributed by atoms with Crippen molar-refractivity contribution in [1.29, 1.82) is 0 Å². The van der Waals surface area contributed by atoms with E-state index in [0.29, 0.717) is 5.78 Å². The Hall–Kier alpha value is -0.590. The molecular formula is C32H62O. The molecule has 0 saturated carbocycles. The van der Waals surface area contributed by atoms with Crippen LogP contribution in [0.3, 0.4) is 0 Å². The van der Waals surface area contributed by atoms with Gasteiger partial charge < -0.3 is 0 Å². The molecule has 0 bridgehead atoms. The summed E-state index contributed by atoms with van der Waals surface area (Å²) in [7, 11) is 0. The molecule has 0 aromatic rings. The first-order chi connectivity index (χ1) is 16.2. The van der Waals surface area contributed by atoms with Crippen molar-refractivity contribution in [3.63, 3.8) is 0 Å². The van der Waals surface area contributed by atoms with E-state index >= 15 is 0 Å². The van der Waals surface area contributed by atoms with Crippen LogP contribution in [0.5, 0.6) is 0 Å². The minimum atomic E-state index is 0.332. The molecule has 0 aromatic carbocycles. The first-order valence-corrected chi connectivity index (χ1v) is 15.4. The topological polar surface area (TPSA) is 17.1 Å². The number of Topliss-reactive ketones (excluding diaryl/α,β-unsaturated/α-hetero) is 1. The van der Waals surface area contributed by atoms with Crippen LogP contribution >= 0.6 is 0 Å². The second kappa shape index (κ2) is 27.7. The summed E-state index contributed by atoms with van der Waals surface area (Å²) in [4.78, 5) is 12.2. The SMILES string of the molecule is C=C(CCCCCCCCCCCCCCCCCC)C(=O)CCCCCCCCCCC. The molecule has 1 nitrogen and oxygen atoms in total. The van der Waals surface area contributed by atoms with Crippen LogP contribution in [0.2, 0.25) is 0 Å². The molecule has 0 N–H and O–H groups in total. The lowest BCUT2D eigenvalue weighted by Gasteiger charge is -2.06. The molecule has 0 aliphatic carbocycles. The van der Waals surface area contributed by atoms with Crippen LogP contribution in [0.15, 0.2) is 12.2 Å². The number of unbranched alkanes of at least 4 members (excludes halogenated alkanes) is 23. The van der Waals surface area contributed by atoms with Crippen molar-refractivity contribution in [3.05, 3.63) is 12.2 Å². The number of hydrogen-bond donors (Lipinski definition) is 0. The molecule has 0 unspecified atom stereocenters. The minimum absolute atomic E-state index is 0.332. The summed E-state index contributed by atoms with van der Waals surface area (Å²) in [6, 6.07) is 0. The molecule has 0 fully saturated rings. The Morgan fingerprint density at radius 1 is 0.394 bits per heavy atom. The fourth-order valence-electron chi connectivity index (χ4n) is 4.80. The van der Waals surface area contributed by atoms with Crippen molar-refractivity contribution in [2.75, 3.05) is 0 Å². The second-order valence-electron chi connectivity index (χ2n) is 10.7. The standard InChI is InChI=1S/C32H62O/c1-4-6-8-10-12-14-15-16-17-18-19-20-22-23-25-27-29-31(3)32(33)30-28-26-24-21-13-11-9-7-5-2/h3-30H2,1-2H3. The van der Waals surface area contributed by atoms with Gasteiger partial charge in [-0.3, -0.25) is 4.79 Å². The van der Waals surface area contributed by atoms with Gasteiger partial charge in [-0.1, -0.05) is 168 Å². The Kier molecular flexibility index (Phi) is 27.2. The van der Waals surface area contributed by atoms with Crippen LogP contribution in [0.1, 0.15) is 187 Å². The Morgan fingerprint density at radius 3 is 0.939 bits per heavy atom. The molecule has 0 atom stereocenters. The number of hydrogen-bond acceptors (Lipinski definition) is 1. The van der Waals surface area contributed by atoms with Gasteiger partial charge in [0.25, 0.3) is 0 Å². The predicted molar refractivity (Wildman–Crippen MR) is 150 cm³/mol. The summed E-state index contributed by atoms with van der Waals surface area (Å²) in [5, 5.41) is 0. The van der Waals surface area contributed by atoms with Crippen LogP contribution in [-0.2, 0) is 4.79 Å². The van der Waals surface area contributed by atoms with Gasteiger partial charge in [-0.15, -0.1) is 0 Å². The lowest BCUT2D eigenvalue weighted by atomic mass is 9.99. The molecule has 0 aromatic heterocycles. The Balaban J connectivity index is 3.28. The van der Waals surface area contributed by atoms with Crippen molar-refractivity contribution in [2.45, 2.75) is 187 Å². The highest BCUT2D eigenvalue weighted by Crippen LogP contribution is 2.17. The largest absolute Gasteiger partial charge is 0.295 e. The monoisotopic (exact) mass is 462 g/mol. The fourth-order valence-corrected chi connectivity index (χ4v) is 4.80. The Labute approximate surface area is 210 Å². The number of carbonyl (C=O) groups excluding carboxylic acids is 1. The highest BCUT2D eigenvalue weighted by atomic mass is 16.1. The van der Waals surface area contributed by atoms with Crippen molar-refractivity contribution < 1.29 is 4.79 Å². The number of ketones is 1. The van der Waals surface area contributed by atoms with E-state index in [2.05, 4.69) is 20.4 Å². The molecule has 0 heterocycles. The molecule has 0 spiro atoms. The molecule has 0 amide bonds. The maximum absolute atomic E-state index is 12.2. The van der Waals surface area contributed by atoms with Gasteiger partial charge in [-0.2, -0.15) is 0 Å². The van der Waals surface area contributed by atoms with Crippen molar-refractivity contribution in [3.8, 4) is 0 Å². The van der Waals surface area contributed by atoms with Gasteiger partial charge in [-0.25, -0.2) is 0 Å². The fraction of sp³-hybridized carbons (Fsp3) is 0.906. The van der Waals surface area contributed by atoms with E-state index in [-0.39, 0.29) is 0 Å². The molecule has 0 aliphatic heterocycles. The summed E-state index contributed by atoms with van der Waals surface area (Å²) < 4.78 is 0. The highest BCUT2D eigenvalue weighted by Gasteiger charge is 2.06. The third kappa shape index (κ3) is 25.9. The van der Waals surface area contributed by atoms with Gasteiger partial charge >= 0.3 is 0 Å². The first kappa shape index (κ1) is 32.4. The van der Waals surface area contributed by atoms with E-state index in [1.54, 1.807) is 0 Å². The zero-order valence-corrected chi connectivity index (χ0v) is 23.2. The molecule has 0 rings (SSSR count). The van der Waals surface area contributed by atoms with Gasteiger partial charge in [0.1, 0.15) is 0 Å². The van der Waals surface area contributed by atoms with E-state index < -0.39 is 0 Å². The molecule has 196 valence electrons. The normalized spacial score (nSPS) is 11.2. The number of rotatable bonds is 28. The van der Waals surface area contributed by atoms with Crippen molar-refractivity contribution >= 4 is 5.78 Å². The summed E-state index contributed by atoms with van der Waals surface area (Å²) in [5.74, 6) is 0.332. The molecule has 0 radical (unpaired) electrons. The summed E-state index contributed by atoms with van der Waals surface area (Å²) in [6.45, 7) is 8.63.